The Morgan fingerprint density at radius 1 is 1.64 bits per heavy atom. The van der Waals surface area contributed by atoms with Crippen LogP contribution in [0.15, 0.2) is 0 Å². The zero-order chi connectivity index (χ0) is 10.6. The molecule has 0 bridgehead atoms. The van der Waals surface area contributed by atoms with Crippen LogP contribution in [0.5, 0.6) is 0 Å². The van der Waals surface area contributed by atoms with Gasteiger partial charge in [0.2, 0.25) is 0 Å². The largest absolute Gasteiger partial charge is 0.300 e. The lowest BCUT2D eigenvalue weighted by Gasteiger charge is -2.16. The second kappa shape index (κ2) is 4.81. The summed E-state index contributed by atoms with van der Waals surface area (Å²) >= 11 is 0. The van der Waals surface area contributed by atoms with Crippen LogP contribution in [0, 0.1) is 12.3 Å². The van der Waals surface area contributed by atoms with E-state index in [0.29, 0.717) is 12.2 Å². The van der Waals surface area contributed by atoms with Gasteiger partial charge >= 0.3 is 0 Å². The van der Waals surface area contributed by atoms with E-state index in [2.05, 4.69) is 18.2 Å². The summed E-state index contributed by atoms with van der Waals surface area (Å²) in [6.45, 7) is 2.07. The molecular weight excluding hydrogens is 198 g/mol. The molecule has 0 amide bonds. The molecule has 0 aliphatic carbocycles. The highest BCUT2D eigenvalue weighted by Gasteiger charge is 2.28. The molecule has 0 radical (unpaired) electrons. The predicted molar refractivity (Wildman–Crippen MR) is 57.7 cm³/mol. The third-order valence-electron chi connectivity index (χ3n) is 2.45. The number of sulfone groups is 1. The van der Waals surface area contributed by atoms with Crippen LogP contribution < -0.4 is 5.32 Å². The van der Waals surface area contributed by atoms with E-state index < -0.39 is 9.84 Å². The van der Waals surface area contributed by atoms with E-state index in [4.69, 9.17) is 6.42 Å². The first-order valence-corrected chi connectivity index (χ1v) is 6.82. The maximum absolute atomic E-state index is 11.2. The number of nitrogens with one attached hydrogen (secondary N) is 1. The summed E-state index contributed by atoms with van der Waals surface area (Å²) < 4.78 is 22.4. The Labute approximate surface area is 86.2 Å². The first kappa shape index (κ1) is 11.5. The minimum Gasteiger partial charge on any atom is -0.300 e. The maximum Gasteiger partial charge on any atom is 0.151 e. The summed E-state index contributed by atoms with van der Waals surface area (Å²) in [5.74, 6) is 3.20. The quantitative estimate of drug-likeness (QED) is 0.697. The average Bonchev–Trinajstić information content (AvgIpc) is 2.45. The molecule has 0 aromatic heterocycles. The van der Waals surface area contributed by atoms with E-state index in [1.807, 2.05) is 0 Å². The fourth-order valence-corrected chi connectivity index (χ4v) is 3.40. The number of terminal acetylenes is 1. The Balaban J connectivity index is 2.42. The molecule has 80 valence electrons. The molecule has 0 aromatic carbocycles. The third-order valence-corrected chi connectivity index (χ3v) is 4.22. The first-order valence-electron chi connectivity index (χ1n) is 5.00. The van der Waals surface area contributed by atoms with Crippen LogP contribution in [0.25, 0.3) is 0 Å². The van der Waals surface area contributed by atoms with Gasteiger partial charge in [0.1, 0.15) is 0 Å². The van der Waals surface area contributed by atoms with Crippen LogP contribution in [0.3, 0.4) is 0 Å². The predicted octanol–water partition coefficient (Wildman–Crippen LogP) is 0.565. The Morgan fingerprint density at radius 3 is 2.79 bits per heavy atom. The summed E-state index contributed by atoms with van der Waals surface area (Å²) in [6, 6.07) is 0.0888. The molecule has 0 saturated carbocycles. The second-order valence-corrected chi connectivity index (χ2v) is 6.00. The molecule has 4 heteroatoms. The normalized spacial score (nSPS) is 27.0. The van der Waals surface area contributed by atoms with Crippen molar-refractivity contribution in [3.8, 4) is 12.3 Å². The highest BCUT2D eigenvalue weighted by molar-refractivity contribution is 7.91. The molecule has 1 N–H and O–H groups in total. The lowest BCUT2D eigenvalue weighted by molar-refractivity contribution is 0.486. The van der Waals surface area contributed by atoms with E-state index in [-0.39, 0.29) is 17.8 Å². The van der Waals surface area contributed by atoms with E-state index in [1.54, 1.807) is 0 Å². The summed E-state index contributed by atoms with van der Waals surface area (Å²) in [6.07, 6.45) is 7.97. The molecule has 1 heterocycles. The van der Waals surface area contributed by atoms with Crippen LogP contribution in [0.2, 0.25) is 0 Å². The smallest absolute Gasteiger partial charge is 0.151 e. The molecular formula is C10H17NO2S. The summed E-state index contributed by atoms with van der Waals surface area (Å²) in [7, 11) is -2.80. The monoisotopic (exact) mass is 215 g/mol. The zero-order valence-electron chi connectivity index (χ0n) is 8.49. The second-order valence-electron chi connectivity index (χ2n) is 3.77. The highest BCUT2D eigenvalue weighted by Crippen LogP contribution is 2.12. The van der Waals surface area contributed by atoms with Crippen molar-refractivity contribution in [2.75, 3.05) is 11.5 Å². The van der Waals surface area contributed by atoms with Gasteiger partial charge in [-0.3, -0.25) is 5.32 Å². The highest BCUT2D eigenvalue weighted by atomic mass is 32.2. The van der Waals surface area contributed by atoms with Gasteiger partial charge in [0, 0.05) is 6.04 Å². The van der Waals surface area contributed by atoms with Gasteiger partial charge in [0.15, 0.2) is 9.84 Å². The molecule has 1 rings (SSSR count). The average molecular weight is 215 g/mol. The Morgan fingerprint density at radius 2 is 2.36 bits per heavy atom. The molecule has 1 saturated heterocycles. The van der Waals surface area contributed by atoms with E-state index in [0.717, 1.165) is 12.8 Å². The van der Waals surface area contributed by atoms with Crippen LogP contribution in [0.4, 0.5) is 0 Å². The van der Waals surface area contributed by atoms with Crippen molar-refractivity contribution in [1.29, 1.82) is 0 Å². The van der Waals surface area contributed by atoms with Crippen LogP contribution >= 0.6 is 0 Å². The van der Waals surface area contributed by atoms with Gasteiger partial charge in [0.05, 0.1) is 17.5 Å². The lowest BCUT2D eigenvalue weighted by Crippen LogP contribution is -2.38. The van der Waals surface area contributed by atoms with E-state index >= 15 is 0 Å². The molecule has 1 fully saturated rings. The van der Waals surface area contributed by atoms with Gasteiger partial charge < -0.3 is 0 Å². The van der Waals surface area contributed by atoms with Crippen LogP contribution in [0.1, 0.15) is 26.2 Å². The molecule has 14 heavy (non-hydrogen) atoms. The van der Waals surface area contributed by atoms with E-state index in [1.165, 1.54) is 0 Å². The maximum atomic E-state index is 11.2. The number of rotatable bonds is 4. The fourth-order valence-electron chi connectivity index (χ4n) is 1.71. The van der Waals surface area contributed by atoms with Crippen molar-refractivity contribution >= 4 is 9.84 Å². The molecule has 0 aromatic rings. The minimum absolute atomic E-state index is 0.0262. The molecule has 2 atom stereocenters. The van der Waals surface area contributed by atoms with Crippen molar-refractivity contribution in [3.05, 3.63) is 0 Å². The molecule has 2 unspecified atom stereocenters. The Kier molecular flexibility index (Phi) is 3.97. The van der Waals surface area contributed by atoms with Gasteiger partial charge in [-0.05, 0) is 12.8 Å². The van der Waals surface area contributed by atoms with Crippen molar-refractivity contribution in [2.24, 2.45) is 0 Å². The number of hydrogen-bond donors (Lipinski definition) is 1. The van der Waals surface area contributed by atoms with Gasteiger partial charge in [-0.1, -0.05) is 19.3 Å². The van der Waals surface area contributed by atoms with Crippen molar-refractivity contribution in [2.45, 2.75) is 38.3 Å². The lowest BCUT2D eigenvalue weighted by atomic mass is 10.1. The van der Waals surface area contributed by atoms with Crippen molar-refractivity contribution in [3.63, 3.8) is 0 Å². The molecule has 3 nitrogen and oxygen atoms in total. The van der Waals surface area contributed by atoms with Gasteiger partial charge in [-0.25, -0.2) is 8.42 Å². The Hall–Kier alpha value is -0.530. The third kappa shape index (κ3) is 3.32. The first-order chi connectivity index (χ1) is 6.57. The minimum atomic E-state index is -2.80. The molecule has 1 aliphatic heterocycles. The van der Waals surface area contributed by atoms with Crippen LogP contribution in [-0.4, -0.2) is 32.0 Å². The van der Waals surface area contributed by atoms with Gasteiger partial charge in [-0.15, -0.1) is 6.42 Å². The van der Waals surface area contributed by atoms with E-state index in [9.17, 15) is 8.42 Å². The topological polar surface area (TPSA) is 46.2 Å². The standard InChI is InChI=1S/C10H17NO2S/c1-3-5-9(4-2)11-10-6-7-14(12,13)8-10/h2,9-11H,3,5-8H2,1H3. The van der Waals surface area contributed by atoms with Crippen molar-refractivity contribution < 1.29 is 8.42 Å². The van der Waals surface area contributed by atoms with Crippen molar-refractivity contribution in [1.82, 2.24) is 5.32 Å². The zero-order valence-corrected chi connectivity index (χ0v) is 9.31. The van der Waals surface area contributed by atoms with Gasteiger partial charge in [-0.2, -0.15) is 0 Å². The number of hydrogen-bond acceptors (Lipinski definition) is 3. The summed E-state index contributed by atoms with van der Waals surface area (Å²) in [5, 5.41) is 3.21. The summed E-state index contributed by atoms with van der Waals surface area (Å²) in [5.41, 5.74) is 0. The summed E-state index contributed by atoms with van der Waals surface area (Å²) in [4.78, 5) is 0. The van der Waals surface area contributed by atoms with Gasteiger partial charge in [0.25, 0.3) is 0 Å². The Bertz CT molecular complexity index is 316. The van der Waals surface area contributed by atoms with Crippen LogP contribution in [-0.2, 0) is 9.84 Å². The molecule has 0 spiro atoms. The fraction of sp³-hybridized carbons (Fsp3) is 0.800. The molecule has 1 aliphatic rings. The SMILES string of the molecule is C#CC(CCC)NC1CCS(=O)(=O)C1.